The van der Waals surface area contributed by atoms with Gasteiger partial charge in [0.05, 0.1) is 10.6 Å². The van der Waals surface area contributed by atoms with Crippen LogP contribution < -0.4 is 10.2 Å². The topological polar surface area (TPSA) is 52.7 Å². The van der Waals surface area contributed by atoms with Gasteiger partial charge in [0, 0.05) is 29.0 Å². The van der Waals surface area contributed by atoms with Crippen LogP contribution in [0.4, 0.5) is 5.69 Å². The quantitative estimate of drug-likeness (QED) is 0.376. The smallest absolute Gasteiger partial charge is 0.265 e. The van der Waals surface area contributed by atoms with Gasteiger partial charge in [-0.05, 0) is 67.1 Å². The van der Waals surface area contributed by atoms with Crippen LogP contribution in [0.15, 0.2) is 62.8 Å². The Labute approximate surface area is 215 Å². The third-order valence-electron chi connectivity index (χ3n) is 6.20. The van der Waals surface area contributed by atoms with E-state index in [0.29, 0.717) is 11.4 Å². The van der Waals surface area contributed by atoms with Crippen LogP contribution in [0.5, 0.6) is 0 Å². The number of amides is 2. The van der Waals surface area contributed by atoms with Crippen LogP contribution in [0, 0.1) is 11.8 Å². The first-order valence-electron chi connectivity index (χ1n) is 11.9. The van der Waals surface area contributed by atoms with Crippen molar-refractivity contribution in [3.8, 4) is 0 Å². The number of carbonyl (C=O) groups is 2. The number of hydrogen-bond acceptors (Lipinski definition) is 4. The molecule has 2 unspecified atom stereocenters. The van der Waals surface area contributed by atoms with E-state index in [2.05, 4.69) is 40.0 Å². The molecule has 7 heteroatoms. The summed E-state index contributed by atoms with van der Waals surface area (Å²) < 4.78 is 0.959. The Balaban J connectivity index is 1.38. The van der Waals surface area contributed by atoms with E-state index < -0.39 is 0 Å². The number of carbonyl (C=O) groups excluding carboxylic acids is 2. The number of piperidine rings is 1. The third-order valence-corrected chi connectivity index (χ3v) is 7.77. The Morgan fingerprint density at radius 1 is 1.15 bits per heavy atom. The van der Waals surface area contributed by atoms with Crippen molar-refractivity contribution in [3.05, 3.63) is 63.5 Å². The molecule has 1 N–H and O–H groups in total. The van der Waals surface area contributed by atoms with E-state index in [4.69, 9.17) is 0 Å². The molecule has 2 aromatic carbocycles. The molecule has 0 spiro atoms. The molecule has 2 amide bonds. The maximum absolute atomic E-state index is 13.3. The fourth-order valence-corrected chi connectivity index (χ4v) is 6.35. The summed E-state index contributed by atoms with van der Waals surface area (Å²) in [6.07, 6.45) is 4.10. The van der Waals surface area contributed by atoms with Crippen molar-refractivity contribution >= 4 is 51.3 Å². The van der Waals surface area contributed by atoms with Crippen LogP contribution in [-0.2, 0) is 9.59 Å². The van der Waals surface area contributed by atoms with Gasteiger partial charge in [-0.25, -0.2) is 0 Å². The van der Waals surface area contributed by atoms with Crippen molar-refractivity contribution in [1.82, 2.24) is 10.2 Å². The van der Waals surface area contributed by atoms with Crippen LogP contribution in [0.2, 0.25) is 0 Å². The zero-order valence-electron chi connectivity index (χ0n) is 19.8. The van der Waals surface area contributed by atoms with E-state index in [1.54, 1.807) is 4.90 Å². The second kappa shape index (κ2) is 11.6. The fraction of sp³-hybridized carbons (Fsp3) is 0.407. The largest absolute Gasteiger partial charge is 0.355 e. The lowest BCUT2D eigenvalue weighted by Crippen LogP contribution is -2.43. The van der Waals surface area contributed by atoms with Crippen molar-refractivity contribution < 1.29 is 9.59 Å². The summed E-state index contributed by atoms with van der Waals surface area (Å²) >= 11 is 4.94. The molecule has 2 atom stereocenters. The highest BCUT2D eigenvalue weighted by molar-refractivity contribution is 9.10. The minimum atomic E-state index is -0.143. The molecule has 4 rings (SSSR count). The fourth-order valence-electron chi connectivity index (χ4n) is 4.87. The Kier molecular flexibility index (Phi) is 8.51. The van der Waals surface area contributed by atoms with Gasteiger partial charge in [0.15, 0.2) is 0 Å². The minimum Gasteiger partial charge on any atom is -0.355 e. The van der Waals surface area contributed by atoms with Gasteiger partial charge < -0.3 is 10.2 Å². The van der Waals surface area contributed by atoms with Crippen molar-refractivity contribution in [2.45, 2.75) is 31.6 Å². The highest BCUT2D eigenvalue weighted by Gasteiger charge is 2.30. The SMILES string of the molecule is CC1CC(C)CN(CCCNC(=O)CN2C(=O)C(=Cc3cccc(Br)c3)Sc3ccccc32)C1. The van der Waals surface area contributed by atoms with Crippen LogP contribution in [0.1, 0.15) is 32.3 Å². The molecule has 0 bridgehead atoms. The van der Waals surface area contributed by atoms with Gasteiger partial charge in [-0.15, -0.1) is 0 Å². The van der Waals surface area contributed by atoms with E-state index in [0.717, 1.165) is 58.5 Å². The maximum atomic E-state index is 13.3. The van der Waals surface area contributed by atoms with Gasteiger partial charge in [-0.3, -0.25) is 14.5 Å². The third kappa shape index (κ3) is 6.52. The Hall–Kier alpha value is -2.09. The number of likely N-dealkylation sites (tertiary alicyclic amines) is 1. The lowest BCUT2D eigenvalue weighted by atomic mass is 9.92. The number of rotatable bonds is 7. The summed E-state index contributed by atoms with van der Waals surface area (Å²) in [6.45, 7) is 8.55. The van der Waals surface area contributed by atoms with Crippen LogP contribution in [0.25, 0.3) is 6.08 Å². The van der Waals surface area contributed by atoms with E-state index in [-0.39, 0.29) is 18.4 Å². The average Bonchev–Trinajstić information content (AvgIpc) is 2.79. The van der Waals surface area contributed by atoms with Crippen molar-refractivity contribution in [2.75, 3.05) is 37.6 Å². The number of halogens is 1. The molecular weight excluding hydrogens is 510 g/mol. The molecule has 180 valence electrons. The second-order valence-corrected chi connectivity index (χ2v) is 11.4. The van der Waals surface area contributed by atoms with Crippen molar-refractivity contribution in [1.29, 1.82) is 0 Å². The van der Waals surface area contributed by atoms with Gasteiger partial charge in [0.1, 0.15) is 6.54 Å². The summed E-state index contributed by atoms with van der Waals surface area (Å²) in [5.41, 5.74) is 1.73. The molecule has 5 nitrogen and oxygen atoms in total. The molecule has 0 saturated carbocycles. The highest BCUT2D eigenvalue weighted by Crippen LogP contribution is 2.42. The Morgan fingerprint density at radius 2 is 1.91 bits per heavy atom. The summed E-state index contributed by atoms with van der Waals surface area (Å²) in [7, 11) is 0. The number of para-hydroxylation sites is 1. The van der Waals surface area contributed by atoms with Crippen LogP contribution in [-0.4, -0.2) is 49.4 Å². The first-order valence-corrected chi connectivity index (χ1v) is 13.5. The first kappa shape index (κ1) is 25.0. The van der Waals surface area contributed by atoms with Crippen LogP contribution >= 0.6 is 27.7 Å². The molecule has 2 heterocycles. The van der Waals surface area contributed by atoms with E-state index >= 15 is 0 Å². The summed E-state index contributed by atoms with van der Waals surface area (Å²) in [4.78, 5) is 31.8. The molecule has 2 aromatic rings. The zero-order chi connectivity index (χ0) is 24.1. The molecule has 0 radical (unpaired) electrons. The van der Waals surface area contributed by atoms with E-state index in [1.165, 1.54) is 18.2 Å². The lowest BCUT2D eigenvalue weighted by Gasteiger charge is -2.35. The Morgan fingerprint density at radius 3 is 2.68 bits per heavy atom. The molecule has 2 aliphatic rings. The summed E-state index contributed by atoms with van der Waals surface area (Å²) in [6, 6.07) is 15.6. The number of fused-ring (bicyclic) bond motifs is 1. The number of benzene rings is 2. The van der Waals surface area contributed by atoms with E-state index in [1.807, 2.05) is 54.6 Å². The molecule has 34 heavy (non-hydrogen) atoms. The summed E-state index contributed by atoms with van der Waals surface area (Å²) in [5.74, 6) is 1.20. The molecule has 2 aliphatic heterocycles. The van der Waals surface area contributed by atoms with E-state index in [9.17, 15) is 9.59 Å². The molecule has 1 saturated heterocycles. The average molecular weight is 543 g/mol. The monoisotopic (exact) mass is 541 g/mol. The number of nitrogens with zero attached hydrogens (tertiary/aromatic N) is 2. The lowest BCUT2D eigenvalue weighted by molar-refractivity contribution is -0.122. The number of thioether (sulfide) groups is 1. The standard InChI is InChI=1S/C27H32BrN3O2S/c1-19-13-20(2)17-30(16-19)12-6-11-29-26(32)18-31-23-9-3-4-10-24(23)34-25(27(31)33)15-21-7-5-8-22(28)14-21/h3-5,7-10,14-15,19-20H,6,11-13,16-18H2,1-2H3,(H,29,32). The molecule has 0 aromatic heterocycles. The normalized spacial score (nSPS) is 22.0. The van der Waals surface area contributed by atoms with Gasteiger partial charge >= 0.3 is 0 Å². The van der Waals surface area contributed by atoms with Gasteiger partial charge in [-0.1, -0.05) is 65.8 Å². The number of anilines is 1. The predicted octanol–water partition coefficient (Wildman–Crippen LogP) is 5.41. The van der Waals surface area contributed by atoms with Crippen molar-refractivity contribution in [2.24, 2.45) is 11.8 Å². The molecular formula is C27H32BrN3O2S. The maximum Gasteiger partial charge on any atom is 0.265 e. The van der Waals surface area contributed by atoms with Gasteiger partial charge in [-0.2, -0.15) is 0 Å². The first-order chi connectivity index (χ1) is 16.4. The second-order valence-electron chi connectivity index (χ2n) is 9.43. The molecule has 1 fully saturated rings. The van der Waals surface area contributed by atoms with Gasteiger partial charge in [0.2, 0.25) is 5.91 Å². The number of hydrogen-bond donors (Lipinski definition) is 1. The van der Waals surface area contributed by atoms with Gasteiger partial charge in [0.25, 0.3) is 5.91 Å². The minimum absolute atomic E-state index is 0.0179. The molecule has 0 aliphatic carbocycles. The zero-order valence-corrected chi connectivity index (χ0v) is 22.2. The van der Waals surface area contributed by atoms with Crippen molar-refractivity contribution in [3.63, 3.8) is 0 Å². The number of nitrogens with one attached hydrogen (secondary N) is 1. The Bertz CT molecular complexity index is 1060. The highest BCUT2D eigenvalue weighted by atomic mass is 79.9. The predicted molar refractivity (Wildman–Crippen MR) is 144 cm³/mol. The summed E-state index contributed by atoms with van der Waals surface area (Å²) in [5, 5.41) is 3.02. The van der Waals surface area contributed by atoms with Crippen LogP contribution in [0.3, 0.4) is 0 Å².